The van der Waals surface area contributed by atoms with Crippen LogP contribution in [0.4, 0.5) is 5.13 Å². The molecule has 6 nitrogen and oxygen atoms in total. The third kappa shape index (κ3) is 4.86. The van der Waals surface area contributed by atoms with Crippen LogP contribution < -0.4 is 4.90 Å². The highest BCUT2D eigenvalue weighted by atomic mass is 32.2. The zero-order valence-corrected chi connectivity index (χ0v) is 20.7. The SMILES string of the molecule is Cc1cc2nc(N(Cc3ccco3)C(=O)Cc3ccc(S(=O)(=O)C(C)C)cc3)sc2cc1C. The first-order chi connectivity index (χ1) is 15.6. The lowest BCUT2D eigenvalue weighted by molar-refractivity contribution is -0.118. The summed E-state index contributed by atoms with van der Waals surface area (Å²) in [5.74, 6) is 0.520. The van der Waals surface area contributed by atoms with Crippen molar-refractivity contribution in [2.75, 3.05) is 4.90 Å². The molecule has 0 aliphatic rings. The number of carbonyl (C=O) groups excluding carboxylic acids is 1. The molecule has 1 amide bonds. The van der Waals surface area contributed by atoms with Gasteiger partial charge in [-0.05, 0) is 80.8 Å². The Bertz CT molecular complexity index is 1350. The summed E-state index contributed by atoms with van der Waals surface area (Å²) in [7, 11) is -3.35. The summed E-state index contributed by atoms with van der Waals surface area (Å²) in [4.78, 5) is 20.0. The van der Waals surface area contributed by atoms with Gasteiger partial charge in [0.25, 0.3) is 0 Å². The summed E-state index contributed by atoms with van der Waals surface area (Å²) in [6, 6.07) is 14.3. The number of aromatic nitrogens is 1. The highest BCUT2D eigenvalue weighted by Gasteiger charge is 2.23. The molecule has 172 valence electrons. The van der Waals surface area contributed by atoms with Crippen LogP contribution in [0.15, 0.2) is 64.1 Å². The van der Waals surface area contributed by atoms with Gasteiger partial charge >= 0.3 is 0 Å². The first-order valence-corrected chi connectivity index (χ1v) is 13.0. The number of furan rings is 1. The van der Waals surface area contributed by atoms with Gasteiger partial charge in [0, 0.05) is 0 Å². The molecule has 0 aliphatic carbocycles. The summed E-state index contributed by atoms with van der Waals surface area (Å²) in [6.45, 7) is 7.68. The number of anilines is 1. The fourth-order valence-electron chi connectivity index (χ4n) is 3.44. The van der Waals surface area contributed by atoms with Gasteiger partial charge in [-0.3, -0.25) is 9.69 Å². The predicted molar refractivity (Wildman–Crippen MR) is 131 cm³/mol. The topological polar surface area (TPSA) is 80.5 Å². The molecule has 0 fully saturated rings. The van der Waals surface area contributed by atoms with Gasteiger partial charge in [-0.2, -0.15) is 0 Å². The van der Waals surface area contributed by atoms with E-state index in [1.54, 1.807) is 55.3 Å². The Balaban J connectivity index is 1.63. The third-order valence-corrected chi connectivity index (χ3v) is 8.86. The smallest absolute Gasteiger partial charge is 0.233 e. The molecule has 0 saturated heterocycles. The number of benzene rings is 2. The van der Waals surface area contributed by atoms with E-state index in [1.165, 1.54) is 16.9 Å². The lowest BCUT2D eigenvalue weighted by Crippen LogP contribution is -2.31. The molecule has 4 aromatic rings. The van der Waals surface area contributed by atoms with Crippen LogP contribution in [0, 0.1) is 13.8 Å². The molecule has 0 saturated carbocycles. The van der Waals surface area contributed by atoms with E-state index >= 15 is 0 Å². The zero-order valence-electron chi connectivity index (χ0n) is 19.0. The van der Waals surface area contributed by atoms with Gasteiger partial charge in [-0.25, -0.2) is 13.4 Å². The summed E-state index contributed by atoms with van der Waals surface area (Å²) in [5, 5.41) is 0.107. The summed E-state index contributed by atoms with van der Waals surface area (Å²) in [5.41, 5.74) is 3.93. The van der Waals surface area contributed by atoms with Crippen LogP contribution in [0.25, 0.3) is 10.2 Å². The van der Waals surface area contributed by atoms with Gasteiger partial charge in [-0.15, -0.1) is 0 Å². The fourth-order valence-corrected chi connectivity index (χ4v) is 5.57. The van der Waals surface area contributed by atoms with Crippen LogP contribution in [-0.2, 0) is 27.6 Å². The molecular formula is C25H26N2O4S2. The molecule has 2 aromatic heterocycles. The van der Waals surface area contributed by atoms with Gasteiger partial charge < -0.3 is 4.42 Å². The van der Waals surface area contributed by atoms with E-state index in [-0.39, 0.29) is 23.8 Å². The van der Waals surface area contributed by atoms with Crippen molar-refractivity contribution in [3.8, 4) is 0 Å². The molecule has 2 heterocycles. The van der Waals surface area contributed by atoms with Crippen molar-refractivity contribution < 1.29 is 17.6 Å². The van der Waals surface area contributed by atoms with E-state index in [9.17, 15) is 13.2 Å². The maximum atomic E-state index is 13.4. The van der Waals surface area contributed by atoms with E-state index in [2.05, 4.69) is 13.0 Å². The van der Waals surface area contributed by atoms with E-state index < -0.39 is 15.1 Å². The number of hydrogen-bond donors (Lipinski definition) is 0. The minimum atomic E-state index is -3.35. The number of thiazole rings is 1. The first-order valence-electron chi connectivity index (χ1n) is 10.7. The Kier molecular flexibility index (Phi) is 6.41. The average Bonchev–Trinajstić information content (AvgIpc) is 3.42. The van der Waals surface area contributed by atoms with Crippen molar-refractivity contribution >= 4 is 42.4 Å². The highest BCUT2D eigenvalue weighted by molar-refractivity contribution is 7.92. The zero-order chi connectivity index (χ0) is 23.8. The maximum absolute atomic E-state index is 13.4. The highest BCUT2D eigenvalue weighted by Crippen LogP contribution is 2.32. The van der Waals surface area contributed by atoms with Gasteiger partial charge in [0.1, 0.15) is 5.76 Å². The summed E-state index contributed by atoms with van der Waals surface area (Å²) >= 11 is 1.47. The summed E-state index contributed by atoms with van der Waals surface area (Å²) < 4.78 is 31.3. The van der Waals surface area contributed by atoms with Crippen molar-refractivity contribution in [2.24, 2.45) is 0 Å². The molecular weight excluding hydrogens is 456 g/mol. The molecule has 2 aromatic carbocycles. The molecule has 0 bridgehead atoms. The Morgan fingerprint density at radius 2 is 1.79 bits per heavy atom. The molecule has 0 spiro atoms. The van der Waals surface area contributed by atoms with Crippen molar-refractivity contribution in [1.82, 2.24) is 4.98 Å². The fraction of sp³-hybridized carbons (Fsp3) is 0.280. The molecule has 0 unspecified atom stereocenters. The molecule has 0 radical (unpaired) electrons. The van der Waals surface area contributed by atoms with Crippen LogP contribution in [0.5, 0.6) is 0 Å². The number of fused-ring (bicyclic) bond motifs is 1. The number of rotatable bonds is 7. The number of carbonyl (C=O) groups is 1. The Labute approximate surface area is 197 Å². The average molecular weight is 483 g/mol. The minimum absolute atomic E-state index is 0.122. The lowest BCUT2D eigenvalue weighted by Gasteiger charge is -2.19. The number of amides is 1. The largest absolute Gasteiger partial charge is 0.467 e. The van der Waals surface area contributed by atoms with Crippen molar-refractivity contribution in [3.63, 3.8) is 0 Å². The molecule has 8 heteroatoms. The van der Waals surface area contributed by atoms with Crippen molar-refractivity contribution in [2.45, 2.75) is 50.8 Å². The molecule has 33 heavy (non-hydrogen) atoms. The van der Waals surface area contributed by atoms with Crippen LogP contribution in [0.3, 0.4) is 0 Å². The molecule has 0 N–H and O–H groups in total. The van der Waals surface area contributed by atoms with Gasteiger partial charge in [0.15, 0.2) is 15.0 Å². The standard InChI is InChI=1S/C25H26N2O4S2/c1-16(2)33(29,30)21-9-7-19(8-10-21)14-24(28)27(15-20-6-5-11-31-20)25-26-22-12-17(3)18(4)13-23(22)32-25/h5-13,16H,14-15H2,1-4H3. The van der Waals surface area contributed by atoms with Gasteiger partial charge in [0.2, 0.25) is 5.91 Å². The van der Waals surface area contributed by atoms with Crippen LogP contribution in [-0.4, -0.2) is 24.6 Å². The molecule has 0 atom stereocenters. The van der Waals surface area contributed by atoms with Crippen LogP contribution in [0.2, 0.25) is 0 Å². The van der Waals surface area contributed by atoms with Crippen molar-refractivity contribution in [1.29, 1.82) is 0 Å². The molecule has 0 aliphatic heterocycles. The number of sulfone groups is 1. The Hall–Kier alpha value is -2.97. The summed E-state index contributed by atoms with van der Waals surface area (Å²) in [6.07, 6.45) is 1.70. The number of aryl methyl sites for hydroxylation is 2. The normalized spacial score (nSPS) is 11.9. The second-order valence-corrected chi connectivity index (χ2v) is 11.9. The van der Waals surface area contributed by atoms with Crippen LogP contribution in [0.1, 0.15) is 36.3 Å². The van der Waals surface area contributed by atoms with Gasteiger partial charge in [0.05, 0.1) is 39.6 Å². The van der Waals surface area contributed by atoms with Gasteiger partial charge in [-0.1, -0.05) is 23.5 Å². The lowest BCUT2D eigenvalue weighted by atomic mass is 10.1. The van der Waals surface area contributed by atoms with E-state index in [0.717, 1.165) is 21.3 Å². The Morgan fingerprint density at radius 3 is 2.42 bits per heavy atom. The third-order valence-electron chi connectivity index (χ3n) is 5.65. The number of hydrogen-bond acceptors (Lipinski definition) is 6. The van der Waals surface area contributed by atoms with Crippen molar-refractivity contribution in [3.05, 3.63) is 77.2 Å². The predicted octanol–water partition coefficient (Wildman–Crippen LogP) is 5.46. The maximum Gasteiger partial charge on any atom is 0.233 e. The second-order valence-electron chi connectivity index (χ2n) is 8.37. The van der Waals surface area contributed by atoms with E-state index in [4.69, 9.17) is 9.40 Å². The first kappa shape index (κ1) is 23.2. The molecule has 4 rings (SSSR count). The minimum Gasteiger partial charge on any atom is -0.467 e. The van der Waals surface area contributed by atoms with E-state index in [1.807, 2.05) is 19.1 Å². The quantitative estimate of drug-likeness (QED) is 0.349. The monoisotopic (exact) mass is 482 g/mol. The number of nitrogens with zero attached hydrogens (tertiary/aromatic N) is 2. The second kappa shape index (κ2) is 9.11. The Morgan fingerprint density at radius 1 is 1.09 bits per heavy atom. The van der Waals surface area contributed by atoms with Crippen LogP contribution >= 0.6 is 11.3 Å². The van der Waals surface area contributed by atoms with E-state index in [0.29, 0.717) is 10.9 Å².